The van der Waals surface area contributed by atoms with E-state index >= 15 is 0 Å². The van der Waals surface area contributed by atoms with Crippen LogP contribution in [-0.4, -0.2) is 9.97 Å². The van der Waals surface area contributed by atoms with Gasteiger partial charge in [-0.15, -0.1) is 0 Å². The van der Waals surface area contributed by atoms with Gasteiger partial charge in [-0.25, -0.2) is 4.98 Å². The number of aromatic nitrogens is 2. The zero-order valence-corrected chi connectivity index (χ0v) is 8.31. The number of aromatic amines is 1. The second kappa shape index (κ2) is 2.96. The molecule has 0 atom stereocenters. The van der Waals surface area contributed by atoms with Gasteiger partial charge >= 0.3 is 0 Å². The molecule has 0 aliphatic heterocycles. The van der Waals surface area contributed by atoms with Gasteiger partial charge in [0.2, 0.25) is 0 Å². The standard InChI is InChI=1S/C9H10N2OS/c1-5(2)6-3-7-8(10-4-6)11-9(13)12-7/h3-5H,1-2H3,(H,10,11,13). The first-order valence-corrected chi connectivity index (χ1v) is 4.56. The Morgan fingerprint density at radius 2 is 2.31 bits per heavy atom. The number of pyridine rings is 1. The molecule has 3 nitrogen and oxygen atoms in total. The minimum atomic E-state index is 0.378. The van der Waals surface area contributed by atoms with E-state index in [9.17, 15) is 0 Å². The molecule has 0 amide bonds. The summed E-state index contributed by atoms with van der Waals surface area (Å²) in [5.41, 5.74) is 2.61. The van der Waals surface area contributed by atoms with Crippen molar-refractivity contribution in [3.8, 4) is 0 Å². The Bertz CT molecular complexity index is 484. The summed E-state index contributed by atoms with van der Waals surface area (Å²) in [7, 11) is 0. The molecule has 2 aromatic rings. The summed E-state index contributed by atoms with van der Waals surface area (Å²) in [4.78, 5) is 7.45. The normalized spacial score (nSPS) is 11.3. The van der Waals surface area contributed by atoms with Crippen LogP contribution in [0.2, 0.25) is 0 Å². The summed E-state index contributed by atoms with van der Waals surface area (Å²) < 4.78 is 5.26. The van der Waals surface area contributed by atoms with Crippen LogP contribution in [0.1, 0.15) is 25.3 Å². The number of rotatable bonds is 1. The SMILES string of the molecule is CC(C)c1cnc2[nH]c(=S)oc2c1. The average Bonchev–Trinajstić information content (AvgIpc) is 2.42. The molecule has 2 aromatic heterocycles. The van der Waals surface area contributed by atoms with Gasteiger partial charge in [-0.3, -0.25) is 4.98 Å². The van der Waals surface area contributed by atoms with E-state index in [1.165, 1.54) is 0 Å². The summed E-state index contributed by atoms with van der Waals surface area (Å²) in [6.07, 6.45) is 1.84. The van der Waals surface area contributed by atoms with Gasteiger partial charge in [0.05, 0.1) is 0 Å². The van der Waals surface area contributed by atoms with Gasteiger partial charge in [0.15, 0.2) is 11.2 Å². The predicted molar refractivity (Wildman–Crippen MR) is 53.3 cm³/mol. The molecule has 1 N–H and O–H groups in total. The number of hydrogen-bond donors (Lipinski definition) is 1. The molecule has 68 valence electrons. The number of oxazole rings is 1. The molecule has 0 fully saturated rings. The topological polar surface area (TPSA) is 41.8 Å². The summed E-state index contributed by atoms with van der Waals surface area (Å²) in [5.74, 6) is 0.454. The average molecular weight is 194 g/mol. The maximum atomic E-state index is 5.26. The smallest absolute Gasteiger partial charge is 0.268 e. The van der Waals surface area contributed by atoms with Crippen molar-refractivity contribution in [2.75, 3.05) is 0 Å². The van der Waals surface area contributed by atoms with Gasteiger partial charge in [0.25, 0.3) is 4.84 Å². The van der Waals surface area contributed by atoms with Gasteiger partial charge in [-0.2, -0.15) is 0 Å². The zero-order valence-electron chi connectivity index (χ0n) is 7.50. The van der Waals surface area contributed by atoms with E-state index in [0.717, 1.165) is 16.8 Å². The van der Waals surface area contributed by atoms with Crippen molar-refractivity contribution in [2.24, 2.45) is 0 Å². The van der Waals surface area contributed by atoms with E-state index in [-0.39, 0.29) is 0 Å². The molecule has 4 heteroatoms. The molecule has 0 aromatic carbocycles. The highest BCUT2D eigenvalue weighted by Gasteiger charge is 2.04. The van der Waals surface area contributed by atoms with Crippen molar-refractivity contribution >= 4 is 23.4 Å². The van der Waals surface area contributed by atoms with E-state index in [1.807, 2.05) is 12.3 Å². The Kier molecular flexibility index (Phi) is 1.92. The van der Waals surface area contributed by atoms with Crippen molar-refractivity contribution in [3.05, 3.63) is 22.7 Å². The van der Waals surface area contributed by atoms with E-state index in [2.05, 4.69) is 23.8 Å². The molecule has 0 unspecified atom stereocenters. The molecule has 0 spiro atoms. The van der Waals surface area contributed by atoms with Crippen LogP contribution in [0.5, 0.6) is 0 Å². The van der Waals surface area contributed by atoms with Gasteiger partial charge in [-0.05, 0) is 29.8 Å². The van der Waals surface area contributed by atoms with Crippen LogP contribution >= 0.6 is 12.2 Å². The first-order chi connectivity index (χ1) is 6.16. The summed E-state index contributed by atoms with van der Waals surface area (Å²) in [6, 6.07) is 1.97. The molecule has 0 aliphatic rings. The van der Waals surface area contributed by atoms with Crippen molar-refractivity contribution in [1.29, 1.82) is 0 Å². The zero-order chi connectivity index (χ0) is 9.42. The van der Waals surface area contributed by atoms with Crippen molar-refractivity contribution in [1.82, 2.24) is 9.97 Å². The molecule has 0 radical (unpaired) electrons. The van der Waals surface area contributed by atoms with E-state index in [4.69, 9.17) is 16.6 Å². The fraction of sp³-hybridized carbons (Fsp3) is 0.333. The number of nitrogens with zero attached hydrogens (tertiary/aromatic N) is 1. The Morgan fingerprint density at radius 1 is 1.54 bits per heavy atom. The molecular weight excluding hydrogens is 184 g/mol. The second-order valence-electron chi connectivity index (χ2n) is 3.28. The lowest BCUT2D eigenvalue weighted by Crippen LogP contribution is -1.88. The summed E-state index contributed by atoms with van der Waals surface area (Å²) >= 11 is 4.86. The molecule has 0 saturated carbocycles. The fourth-order valence-electron chi connectivity index (χ4n) is 1.17. The lowest BCUT2D eigenvalue weighted by Gasteiger charge is -2.01. The van der Waals surface area contributed by atoms with Crippen molar-refractivity contribution in [2.45, 2.75) is 19.8 Å². The highest BCUT2D eigenvalue weighted by Crippen LogP contribution is 2.18. The monoisotopic (exact) mass is 194 g/mol. The minimum Gasteiger partial charge on any atom is -0.428 e. The van der Waals surface area contributed by atoms with Gasteiger partial charge in [-0.1, -0.05) is 13.8 Å². The fourth-order valence-corrected chi connectivity index (χ4v) is 1.36. The van der Waals surface area contributed by atoms with Crippen LogP contribution in [-0.2, 0) is 0 Å². The van der Waals surface area contributed by atoms with E-state index in [0.29, 0.717) is 10.8 Å². The third kappa shape index (κ3) is 1.49. The number of fused-ring (bicyclic) bond motifs is 1. The molecule has 0 bridgehead atoms. The largest absolute Gasteiger partial charge is 0.428 e. The Labute approximate surface area is 80.8 Å². The van der Waals surface area contributed by atoms with Crippen LogP contribution in [0.15, 0.2) is 16.7 Å². The van der Waals surface area contributed by atoms with Gasteiger partial charge in [0, 0.05) is 6.20 Å². The quantitative estimate of drug-likeness (QED) is 0.709. The maximum Gasteiger partial charge on any atom is 0.268 e. The third-order valence-electron chi connectivity index (χ3n) is 1.96. The van der Waals surface area contributed by atoms with Gasteiger partial charge in [0.1, 0.15) is 0 Å². The van der Waals surface area contributed by atoms with Crippen LogP contribution in [0.4, 0.5) is 0 Å². The summed E-state index contributed by atoms with van der Waals surface area (Å²) in [5, 5.41) is 0. The number of nitrogens with one attached hydrogen (secondary N) is 1. The maximum absolute atomic E-state index is 5.26. The van der Waals surface area contributed by atoms with E-state index in [1.54, 1.807) is 0 Å². The minimum absolute atomic E-state index is 0.378. The molecule has 0 saturated heterocycles. The molecule has 13 heavy (non-hydrogen) atoms. The predicted octanol–water partition coefficient (Wildman–Crippen LogP) is 3.01. The lowest BCUT2D eigenvalue weighted by molar-refractivity contribution is 0.582. The molecular formula is C9H10N2OS. The van der Waals surface area contributed by atoms with Crippen molar-refractivity contribution < 1.29 is 4.42 Å². The van der Waals surface area contributed by atoms with Crippen molar-refractivity contribution in [3.63, 3.8) is 0 Å². The number of H-pyrrole nitrogens is 1. The van der Waals surface area contributed by atoms with Gasteiger partial charge < -0.3 is 4.42 Å². The first kappa shape index (κ1) is 8.44. The second-order valence-corrected chi connectivity index (χ2v) is 3.66. The highest BCUT2D eigenvalue weighted by atomic mass is 32.1. The Balaban J connectivity index is 2.68. The molecule has 2 heterocycles. The number of hydrogen-bond acceptors (Lipinski definition) is 3. The highest BCUT2D eigenvalue weighted by molar-refractivity contribution is 7.71. The Hall–Kier alpha value is -1.16. The van der Waals surface area contributed by atoms with Crippen LogP contribution in [0.25, 0.3) is 11.2 Å². The Morgan fingerprint density at radius 3 is 3.00 bits per heavy atom. The van der Waals surface area contributed by atoms with Crippen LogP contribution in [0.3, 0.4) is 0 Å². The lowest BCUT2D eigenvalue weighted by atomic mass is 10.1. The first-order valence-electron chi connectivity index (χ1n) is 4.15. The molecule has 2 rings (SSSR count). The van der Waals surface area contributed by atoms with Crippen LogP contribution in [0, 0.1) is 4.84 Å². The van der Waals surface area contributed by atoms with E-state index < -0.39 is 0 Å². The van der Waals surface area contributed by atoms with Crippen LogP contribution < -0.4 is 0 Å². The molecule has 0 aliphatic carbocycles. The summed E-state index contributed by atoms with van der Waals surface area (Å²) in [6.45, 7) is 4.23. The third-order valence-corrected chi connectivity index (χ3v) is 2.15.